The van der Waals surface area contributed by atoms with E-state index in [1.54, 1.807) is 7.11 Å². The zero-order chi connectivity index (χ0) is 12.5. The van der Waals surface area contributed by atoms with Crippen molar-refractivity contribution in [2.75, 3.05) is 12.4 Å². The number of ether oxygens (including phenoxy) is 1. The Bertz CT molecular complexity index is 500. The zero-order valence-corrected chi connectivity index (χ0v) is 10.6. The molecule has 2 aliphatic rings. The highest BCUT2D eigenvalue weighted by Crippen LogP contribution is 2.29. The van der Waals surface area contributed by atoms with Crippen molar-refractivity contribution in [2.45, 2.75) is 44.2 Å². The Labute approximate surface area is 107 Å². The highest BCUT2D eigenvalue weighted by molar-refractivity contribution is 5.55. The lowest BCUT2D eigenvalue weighted by molar-refractivity contribution is 0.0328. The monoisotopic (exact) mass is 243 g/mol. The fraction of sp³-hybridized carbons (Fsp3) is 0.571. The van der Waals surface area contributed by atoms with Crippen LogP contribution in [0.5, 0.6) is 0 Å². The third-order valence-corrected chi connectivity index (χ3v) is 3.94. The van der Waals surface area contributed by atoms with Gasteiger partial charge in [0.25, 0.3) is 0 Å². The second kappa shape index (κ2) is 4.58. The molecule has 0 aliphatic heterocycles. The molecule has 1 N–H and O–H groups in total. The van der Waals surface area contributed by atoms with E-state index in [1.807, 2.05) is 6.07 Å². The second-order valence-corrected chi connectivity index (χ2v) is 5.13. The molecule has 0 saturated heterocycles. The first-order chi connectivity index (χ1) is 8.80. The van der Waals surface area contributed by atoms with Gasteiger partial charge in [-0.25, -0.2) is 4.98 Å². The average molecular weight is 243 g/mol. The van der Waals surface area contributed by atoms with E-state index in [-0.39, 0.29) is 0 Å². The maximum atomic E-state index is 9.20. The van der Waals surface area contributed by atoms with Crippen LogP contribution in [-0.2, 0) is 17.6 Å². The zero-order valence-electron chi connectivity index (χ0n) is 10.6. The summed E-state index contributed by atoms with van der Waals surface area (Å²) in [6.45, 7) is 0. The van der Waals surface area contributed by atoms with Crippen molar-refractivity contribution >= 4 is 5.82 Å². The number of methoxy groups -OCH3 is 1. The number of aromatic nitrogens is 1. The molecule has 94 valence electrons. The molecule has 1 fully saturated rings. The minimum absolute atomic E-state index is 0.363. The minimum Gasteiger partial charge on any atom is -0.381 e. The van der Waals surface area contributed by atoms with Crippen molar-refractivity contribution in [3.63, 3.8) is 0 Å². The summed E-state index contributed by atoms with van der Waals surface area (Å²) in [7, 11) is 1.75. The maximum absolute atomic E-state index is 9.20. The van der Waals surface area contributed by atoms with E-state index in [9.17, 15) is 5.26 Å². The van der Waals surface area contributed by atoms with Crippen molar-refractivity contribution in [1.82, 2.24) is 4.98 Å². The van der Waals surface area contributed by atoms with Crippen LogP contribution in [0, 0.1) is 11.3 Å². The van der Waals surface area contributed by atoms with Crippen LogP contribution in [0.4, 0.5) is 5.82 Å². The highest BCUT2D eigenvalue weighted by atomic mass is 16.5. The lowest BCUT2D eigenvalue weighted by Crippen LogP contribution is -2.40. The predicted molar refractivity (Wildman–Crippen MR) is 68.4 cm³/mol. The van der Waals surface area contributed by atoms with Gasteiger partial charge in [0.15, 0.2) is 0 Å². The molecule has 2 aliphatic carbocycles. The molecule has 0 unspecified atom stereocenters. The van der Waals surface area contributed by atoms with Crippen LogP contribution in [0.1, 0.15) is 36.1 Å². The summed E-state index contributed by atoms with van der Waals surface area (Å²) in [6, 6.07) is 4.65. The molecule has 1 saturated carbocycles. The number of pyridine rings is 1. The number of anilines is 1. The fourth-order valence-corrected chi connectivity index (χ4v) is 2.74. The van der Waals surface area contributed by atoms with Gasteiger partial charge in [0.1, 0.15) is 11.9 Å². The number of nitriles is 1. The summed E-state index contributed by atoms with van der Waals surface area (Å²) in [4.78, 5) is 4.62. The molecular weight excluding hydrogens is 226 g/mol. The first kappa shape index (κ1) is 11.5. The molecule has 0 aromatic carbocycles. The number of aryl methyl sites for hydroxylation is 2. The largest absolute Gasteiger partial charge is 0.381 e. The lowest BCUT2D eigenvalue weighted by Gasteiger charge is -2.35. The molecule has 18 heavy (non-hydrogen) atoms. The Morgan fingerprint density at radius 1 is 1.44 bits per heavy atom. The van der Waals surface area contributed by atoms with Crippen LogP contribution in [0.25, 0.3) is 0 Å². The van der Waals surface area contributed by atoms with Crippen molar-refractivity contribution in [1.29, 1.82) is 5.26 Å². The topological polar surface area (TPSA) is 57.9 Å². The SMILES string of the molecule is COC1CC(Nc2nc3c(cc2C#N)CCC3)C1. The molecule has 0 radical (unpaired) electrons. The summed E-state index contributed by atoms with van der Waals surface area (Å²) in [5.41, 5.74) is 3.09. The van der Waals surface area contributed by atoms with Crippen LogP contribution >= 0.6 is 0 Å². The smallest absolute Gasteiger partial charge is 0.144 e. The van der Waals surface area contributed by atoms with E-state index in [0.717, 1.165) is 37.9 Å². The van der Waals surface area contributed by atoms with Crippen LogP contribution in [0.3, 0.4) is 0 Å². The van der Waals surface area contributed by atoms with Gasteiger partial charge in [-0.2, -0.15) is 5.26 Å². The lowest BCUT2D eigenvalue weighted by atomic mass is 9.89. The van der Waals surface area contributed by atoms with Crippen molar-refractivity contribution in [3.8, 4) is 6.07 Å². The molecule has 1 aromatic rings. The summed E-state index contributed by atoms with van der Waals surface area (Å²) in [5.74, 6) is 0.762. The first-order valence-corrected chi connectivity index (χ1v) is 6.52. The Morgan fingerprint density at radius 2 is 2.28 bits per heavy atom. The number of fused-ring (bicyclic) bond motifs is 1. The molecule has 3 rings (SSSR count). The van der Waals surface area contributed by atoms with Crippen LogP contribution < -0.4 is 5.32 Å². The summed E-state index contributed by atoms with van der Waals surface area (Å²) >= 11 is 0. The van der Waals surface area contributed by atoms with Gasteiger partial charge in [-0.15, -0.1) is 0 Å². The summed E-state index contributed by atoms with van der Waals surface area (Å²) < 4.78 is 5.26. The van der Waals surface area contributed by atoms with Gasteiger partial charge >= 0.3 is 0 Å². The van der Waals surface area contributed by atoms with E-state index in [1.165, 1.54) is 11.3 Å². The second-order valence-electron chi connectivity index (χ2n) is 5.13. The van der Waals surface area contributed by atoms with Gasteiger partial charge in [0, 0.05) is 18.8 Å². The highest BCUT2D eigenvalue weighted by Gasteiger charge is 2.30. The van der Waals surface area contributed by atoms with Gasteiger partial charge in [0.2, 0.25) is 0 Å². The molecule has 4 nitrogen and oxygen atoms in total. The molecule has 1 aromatic heterocycles. The quantitative estimate of drug-likeness (QED) is 0.882. The fourth-order valence-electron chi connectivity index (χ4n) is 2.74. The minimum atomic E-state index is 0.363. The molecule has 4 heteroatoms. The van der Waals surface area contributed by atoms with E-state index < -0.39 is 0 Å². The number of hydrogen-bond acceptors (Lipinski definition) is 4. The number of rotatable bonds is 3. The molecule has 0 atom stereocenters. The van der Waals surface area contributed by atoms with Crippen LogP contribution in [0.15, 0.2) is 6.07 Å². The summed E-state index contributed by atoms with van der Waals surface area (Å²) in [5, 5.41) is 12.6. The Balaban J connectivity index is 1.77. The normalized spacial score (nSPS) is 25.1. The van der Waals surface area contributed by atoms with Crippen molar-refractivity contribution < 1.29 is 4.74 Å². The third-order valence-electron chi connectivity index (χ3n) is 3.94. The van der Waals surface area contributed by atoms with Crippen LogP contribution in [0.2, 0.25) is 0 Å². The standard InChI is InChI=1S/C14H17N3O/c1-18-12-6-11(7-12)16-14-10(8-15)5-9-3-2-4-13(9)17-14/h5,11-12H,2-4,6-7H2,1H3,(H,16,17). The van der Waals surface area contributed by atoms with Crippen molar-refractivity contribution in [3.05, 3.63) is 22.9 Å². The Morgan fingerprint density at radius 3 is 3.00 bits per heavy atom. The maximum Gasteiger partial charge on any atom is 0.144 e. The van der Waals surface area contributed by atoms with Gasteiger partial charge in [-0.1, -0.05) is 0 Å². The molecule has 0 spiro atoms. The Kier molecular flexibility index (Phi) is 2.92. The van der Waals surface area contributed by atoms with E-state index >= 15 is 0 Å². The van der Waals surface area contributed by atoms with E-state index in [4.69, 9.17) is 4.74 Å². The van der Waals surface area contributed by atoms with E-state index in [2.05, 4.69) is 16.4 Å². The Hall–Kier alpha value is -1.60. The predicted octanol–water partition coefficient (Wildman–Crippen LogP) is 2.03. The number of hydrogen-bond donors (Lipinski definition) is 1. The van der Waals surface area contributed by atoms with Gasteiger partial charge in [0.05, 0.1) is 11.7 Å². The van der Waals surface area contributed by atoms with Crippen molar-refractivity contribution in [2.24, 2.45) is 0 Å². The summed E-state index contributed by atoms with van der Waals surface area (Å²) in [6.07, 6.45) is 5.63. The molecular formula is C14H17N3O. The third kappa shape index (κ3) is 1.95. The molecule has 1 heterocycles. The van der Waals surface area contributed by atoms with E-state index in [0.29, 0.717) is 17.7 Å². The van der Waals surface area contributed by atoms with Crippen LogP contribution in [-0.4, -0.2) is 24.2 Å². The number of nitrogens with one attached hydrogen (secondary N) is 1. The first-order valence-electron chi connectivity index (χ1n) is 6.52. The molecule has 0 bridgehead atoms. The van der Waals surface area contributed by atoms with Gasteiger partial charge in [-0.05, 0) is 43.7 Å². The average Bonchev–Trinajstić information content (AvgIpc) is 2.78. The van der Waals surface area contributed by atoms with Gasteiger partial charge < -0.3 is 10.1 Å². The van der Waals surface area contributed by atoms with Gasteiger partial charge in [-0.3, -0.25) is 0 Å². The number of nitrogens with zero attached hydrogens (tertiary/aromatic N) is 2. The molecule has 0 amide bonds.